The fraction of sp³-hybridized carbons (Fsp3) is 0.261. The number of nitrogens with zero attached hydrogens (tertiary/aromatic N) is 1. The molecule has 0 radical (unpaired) electrons. The van der Waals surface area contributed by atoms with Crippen LogP contribution < -0.4 is 19.1 Å². The highest BCUT2D eigenvalue weighted by atomic mass is 32.2. The molecule has 0 spiro atoms. The molecule has 0 saturated carbocycles. The maximum atomic E-state index is 12.6. The summed E-state index contributed by atoms with van der Waals surface area (Å²) in [5.74, 6) is 0.710. The van der Waals surface area contributed by atoms with E-state index in [1.165, 1.54) is 4.31 Å². The number of hydrogen-bond acceptors (Lipinski definition) is 5. The topological polar surface area (TPSA) is 84.9 Å². The molecular weight excluding hydrogens is 416 g/mol. The van der Waals surface area contributed by atoms with Gasteiger partial charge in [-0.05, 0) is 47.5 Å². The zero-order valence-corrected chi connectivity index (χ0v) is 18.2. The molecule has 0 aliphatic carbocycles. The second kappa shape index (κ2) is 8.47. The Balaban J connectivity index is 1.37. The highest BCUT2D eigenvalue weighted by molar-refractivity contribution is 7.92. The summed E-state index contributed by atoms with van der Waals surface area (Å²) in [6.07, 6.45) is 0.179. The van der Waals surface area contributed by atoms with E-state index in [0.717, 1.165) is 28.3 Å². The lowest BCUT2D eigenvalue weighted by Gasteiger charge is -2.34. The van der Waals surface area contributed by atoms with Gasteiger partial charge >= 0.3 is 0 Å². The van der Waals surface area contributed by atoms with Crippen LogP contribution in [0.5, 0.6) is 11.5 Å². The Morgan fingerprint density at radius 1 is 1.13 bits per heavy atom. The van der Waals surface area contributed by atoms with Gasteiger partial charge in [0, 0.05) is 0 Å². The van der Waals surface area contributed by atoms with Gasteiger partial charge in [-0.3, -0.25) is 9.10 Å². The highest BCUT2D eigenvalue weighted by Gasteiger charge is 2.34. The zero-order chi connectivity index (χ0) is 22.0. The third-order valence-electron chi connectivity index (χ3n) is 5.07. The van der Waals surface area contributed by atoms with Gasteiger partial charge in [-0.15, -0.1) is 0 Å². The van der Waals surface area contributed by atoms with Gasteiger partial charge in [0.05, 0.1) is 25.0 Å². The molecule has 1 heterocycles. The van der Waals surface area contributed by atoms with Crippen molar-refractivity contribution in [2.24, 2.45) is 0 Å². The van der Waals surface area contributed by atoms with E-state index >= 15 is 0 Å². The third kappa shape index (κ3) is 4.74. The van der Waals surface area contributed by atoms with Gasteiger partial charge in [0.15, 0.2) is 6.10 Å². The molecule has 7 nitrogen and oxygen atoms in total. The summed E-state index contributed by atoms with van der Waals surface area (Å²) in [5.41, 5.74) is 1.36. The van der Waals surface area contributed by atoms with E-state index in [9.17, 15) is 13.2 Å². The highest BCUT2D eigenvalue weighted by Crippen LogP contribution is 2.35. The number of carbonyl (C=O) groups is 1. The second-order valence-electron chi connectivity index (χ2n) is 7.52. The molecule has 1 atom stereocenters. The van der Waals surface area contributed by atoms with Crippen molar-refractivity contribution in [1.82, 2.24) is 5.32 Å². The molecular formula is C23H24N2O5S. The predicted molar refractivity (Wildman–Crippen MR) is 120 cm³/mol. The van der Waals surface area contributed by atoms with Crippen molar-refractivity contribution >= 4 is 32.4 Å². The minimum Gasteiger partial charge on any atom is -0.492 e. The number of fused-ring (bicyclic) bond motifs is 2. The van der Waals surface area contributed by atoms with Crippen molar-refractivity contribution in [1.29, 1.82) is 0 Å². The second-order valence-corrected chi connectivity index (χ2v) is 9.43. The molecule has 1 aliphatic rings. The molecule has 3 aromatic rings. The molecule has 31 heavy (non-hydrogen) atoms. The molecule has 0 saturated heterocycles. The van der Waals surface area contributed by atoms with Crippen molar-refractivity contribution in [2.45, 2.75) is 13.0 Å². The molecule has 1 amide bonds. The molecule has 0 aromatic heterocycles. The van der Waals surface area contributed by atoms with E-state index in [2.05, 4.69) is 5.32 Å². The van der Waals surface area contributed by atoms with Crippen LogP contribution in [0, 0.1) is 6.92 Å². The van der Waals surface area contributed by atoms with Crippen molar-refractivity contribution in [3.05, 3.63) is 66.2 Å². The van der Waals surface area contributed by atoms with Gasteiger partial charge in [-0.25, -0.2) is 8.42 Å². The maximum Gasteiger partial charge on any atom is 0.263 e. The average molecular weight is 441 g/mol. The molecule has 0 fully saturated rings. The Bertz CT molecular complexity index is 1230. The van der Waals surface area contributed by atoms with Crippen molar-refractivity contribution in [3.8, 4) is 11.5 Å². The summed E-state index contributed by atoms with van der Waals surface area (Å²) >= 11 is 0. The summed E-state index contributed by atoms with van der Waals surface area (Å²) in [7, 11) is -3.55. The predicted octanol–water partition coefficient (Wildman–Crippen LogP) is 2.87. The van der Waals surface area contributed by atoms with E-state index in [4.69, 9.17) is 9.47 Å². The van der Waals surface area contributed by atoms with Crippen molar-refractivity contribution in [3.63, 3.8) is 0 Å². The lowest BCUT2D eigenvalue weighted by Crippen LogP contribution is -2.51. The lowest BCUT2D eigenvalue weighted by atomic mass is 10.1. The number of nitrogens with one attached hydrogen (secondary N) is 1. The van der Waals surface area contributed by atoms with E-state index < -0.39 is 16.1 Å². The first-order chi connectivity index (χ1) is 14.8. The SMILES string of the molecule is Cc1ccc2c(c1)O[C@@H](C(=O)NCCOc1ccc3ccccc3c1)CN2S(C)(=O)=O. The number of carbonyl (C=O) groups excluding carboxylic acids is 1. The molecule has 1 N–H and O–H groups in total. The summed E-state index contributed by atoms with van der Waals surface area (Å²) in [6.45, 7) is 2.35. The number of aryl methyl sites for hydroxylation is 1. The number of rotatable bonds is 6. The van der Waals surface area contributed by atoms with Gasteiger partial charge in [-0.2, -0.15) is 0 Å². The van der Waals surface area contributed by atoms with Gasteiger partial charge in [-0.1, -0.05) is 36.4 Å². The van der Waals surface area contributed by atoms with Crippen molar-refractivity contribution < 1.29 is 22.7 Å². The summed E-state index contributed by atoms with van der Waals surface area (Å²) in [6, 6.07) is 19.0. The molecule has 1 aliphatic heterocycles. The monoisotopic (exact) mass is 440 g/mol. The van der Waals surface area contributed by atoms with Crippen LogP contribution in [-0.4, -0.2) is 46.4 Å². The van der Waals surface area contributed by atoms with Crippen LogP contribution in [0.4, 0.5) is 5.69 Å². The molecule has 4 rings (SSSR count). The van der Waals surface area contributed by atoms with Crippen LogP contribution in [0.1, 0.15) is 5.56 Å². The lowest BCUT2D eigenvalue weighted by molar-refractivity contribution is -0.127. The third-order valence-corrected chi connectivity index (χ3v) is 6.22. The summed E-state index contributed by atoms with van der Waals surface area (Å²) in [4.78, 5) is 12.6. The Morgan fingerprint density at radius 3 is 2.68 bits per heavy atom. The first kappa shape index (κ1) is 21.0. The fourth-order valence-electron chi connectivity index (χ4n) is 3.53. The standard InChI is InChI=1S/C23H24N2O5S/c1-16-7-10-20-21(13-16)30-22(15-25(20)31(2,27)28)23(26)24-11-12-29-19-9-8-17-5-3-4-6-18(17)14-19/h3-10,13-14,22H,11-12,15H2,1-2H3,(H,24,26)/t22-/m1/s1. The zero-order valence-electron chi connectivity index (χ0n) is 17.4. The number of sulfonamides is 1. The number of hydrogen-bond donors (Lipinski definition) is 1. The van der Waals surface area contributed by atoms with Crippen LogP contribution in [0.3, 0.4) is 0 Å². The van der Waals surface area contributed by atoms with Crippen LogP contribution >= 0.6 is 0 Å². The number of amides is 1. The quantitative estimate of drug-likeness (QED) is 0.596. The van der Waals surface area contributed by atoms with E-state index in [-0.39, 0.29) is 25.6 Å². The van der Waals surface area contributed by atoms with Crippen LogP contribution in [-0.2, 0) is 14.8 Å². The van der Waals surface area contributed by atoms with E-state index in [0.29, 0.717) is 11.4 Å². The Morgan fingerprint density at radius 2 is 1.90 bits per heavy atom. The number of ether oxygens (including phenoxy) is 2. The van der Waals surface area contributed by atoms with Gasteiger partial charge < -0.3 is 14.8 Å². The van der Waals surface area contributed by atoms with Gasteiger partial charge in [0.1, 0.15) is 18.1 Å². The average Bonchev–Trinajstić information content (AvgIpc) is 2.74. The molecule has 0 unspecified atom stereocenters. The Labute approximate surface area is 181 Å². The normalized spacial score (nSPS) is 15.8. The largest absolute Gasteiger partial charge is 0.492 e. The Kier molecular flexibility index (Phi) is 5.73. The van der Waals surface area contributed by atoms with Crippen LogP contribution in [0.2, 0.25) is 0 Å². The summed E-state index contributed by atoms with van der Waals surface area (Å²) in [5, 5.41) is 4.97. The van der Waals surface area contributed by atoms with Gasteiger partial charge in [0.25, 0.3) is 5.91 Å². The van der Waals surface area contributed by atoms with Crippen LogP contribution in [0.25, 0.3) is 10.8 Å². The molecule has 0 bridgehead atoms. The first-order valence-corrected chi connectivity index (χ1v) is 11.8. The van der Waals surface area contributed by atoms with E-state index in [1.807, 2.05) is 55.5 Å². The summed E-state index contributed by atoms with van der Waals surface area (Å²) < 4.78 is 37.2. The van der Waals surface area contributed by atoms with Gasteiger partial charge in [0.2, 0.25) is 10.0 Å². The first-order valence-electron chi connectivity index (χ1n) is 9.95. The minimum absolute atomic E-state index is 0.0771. The van der Waals surface area contributed by atoms with Crippen LogP contribution in [0.15, 0.2) is 60.7 Å². The smallest absolute Gasteiger partial charge is 0.263 e. The maximum absolute atomic E-state index is 12.6. The Hall–Kier alpha value is -3.26. The molecule has 3 aromatic carbocycles. The molecule has 162 valence electrons. The number of benzene rings is 3. The van der Waals surface area contributed by atoms with Crippen molar-refractivity contribution in [2.75, 3.05) is 30.3 Å². The number of anilines is 1. The molecule has 8 heteroatoms. The van der Waals surface area contributed by atoms with E-state index in [1.54, 1.807) is 12.1 Å². The minimum atomic E-state index is -3.55. The fourth-order valence-corrected chi connectivity index (χ4v) is 4.44.